The molecule has 0 saturated carbocycles. The van der Waals surface area contributed by atoms with E-state index in [1.165, 1.54) is 12.1 Å². The van der Waals surface area contributed by atoms with Gasteiger partial charge in [-0.1, -0.05) is 25.2 Å². The molecule has 0 spiro atoms. The Morgan fingerprint density at radius 2 is 2.11 bits per heavy atom. The predicted octanol–water partition coefficient (Wildman–Crippen LogP) is 2.37. The topological polar surface area (TPSA) is 38.7 Å². The van der Waals surface area contributed by atoms with Crippen molar-refractivity contribution < 1.29 is 19.0 Å². The number of aliphatic hydroxyl groups excluding tert-OH is 1. The van der Waals surface area contributed by atoms with Crippen molar-refractivity contribution in [3.63, 3.8) is 0 Å². The molecule has 1 aromatic carbocycles. The quantitative estimate of drug-likeness (QED) is 0.608. The minimum absolute atomic E-state index is 0.156. The van der Waals surface area contributed by atoms with E-state index in [-0.39, 0.29) is 12.4 Å². The second-order valence-corrected chi connectivity index (χ2v) is 3.92. The molecular formula is C15H19FO3. The van der Waals surface area contributed by atoms with Gasteiger partial charge < -0.3 is 14.6 Å². The van der Waals surface area contributed by atoms with E-state index < -0.39 is 5.82 Å². The molecule has 19 heavy (non-hydrogen) atoms. The minimum Gasteiger partial charge on any atom is -0.488 e. The van der Waals surface area contributed by atoms with E-state index in [1.807, 2.05) is 0 Å². The van der Waals surface area contributed by atoms with Gasteiger partial charge in [-0.05, 0) is 24.6 Å². The third-order valence-electron chi connectivity index (χ3n) is 2.37. The standard InChI is InChI=1S/C15H19FO3/c1-2-3-9-18-10-11-19-15-12-13(5-4-8-17)6-7-14(15)16/h6-7,12,17H,2-3,8-11H2,1H3. The molecule has 1 N–H and O–H groups in total. The van der Waals surface area contributed by atoms with E-state index in [0.29, 0.717) is 25.4 Å². The van der Waals surface area contributed by atoms with Crippen LogP contribution in [0.1, 0.15) is 25.3 Å². The molecule has 0 aliphatic rings. The average Bonchev–Trinajstić information content (AvgIpc) is 2.43. The second kappa shape index (κ2) is 9.37. The summed E-state index contributed by atoms with van der Waals surface area (Å²) in [4.78, 5) is 0. The molecule has 0 aliphatic heterocycles. The van der Waals surface area contributed by atoms with E-state index in [0.717, 1.165) is 12.8 Å². The Morgan fingerprint density at radius 3 is 2.84 bits per heavy atom. The summed E-state index contributed by atoms with van der Waals surface area (Å²) in [6, 6.07) is 4.36. The zero-order valence-electron chi connectivity index (χ0n) is 11.1. The van der Waals surface area contributed by atoms with Crippen LogP contribution in [-0.2, 0) is 4.74 Å². The molecule has 3 nitrogen and oxygen atoms in total. The van der Waals surface area contributed by atoms with E-state index >= 15 is 0 Å². The van der Waals surface area contributed by atoms with Gasteiger partial charge in [-0.2, -0.15) is 0 Å². The Hall–Kier alpha value is -1.57. The van der Waals surface area contributed by atoms with Gasteiger partial charge in [0.2, 0.25) is 0 Å². The van der Waals surface area contributed by atoms with Crippen molar-refractivity contribution in [2.75, 3.05) is 26.4 Å². The number of unbranched alkanes of at least 4 members (excludes halogenated alkanes) is 1. The molecule has 0 unspecified atom stereocenters. The Kier molecular flexibility index (Phi) is 7.64. The maximum atomic E-state index is 13.5. The van der Waals surface area contributed by atoms with Crippen LogP contribution in [0.2, 0.25) is 0 Å². The number of rotatable bonds is 7. The molecule has 0 radical (unpaired) electrons. The van der Waals surface area contributed by atoms with E-state index in [9.17, 15) is 4.39 Å². The van der Waals surface area contributed by atoms with Crippen LogP contribution in [0.3, 0.4) is 0 Å². The van der Waals surface area contributed by atoms with E-state index in [2.05, 4.69) is 18.8 Å². The molecule has 104 valence electrons. The monoisotopic (exact) mass is 266 g/mol. The summed E-state index contributed by atoms with van der Waals surface area (Å²) in [6.45, 7) is 3.31. The number of halogens is 1. The van der Waals surface area contributed by atoms with Crippen molar-refractivity contribution >= 4 is 0 Å². The first-order chi connectivity index (χ1) is 9.27. The van der Waals surface area contributed by atoms with Crippen molar-refractivity contribution in [2.24, 2.45) is 0 Å². The molecule has 0 fully saturated rings. The Balaban J connectivity index is 2.43. The van der Waals surface area contributed by atoms with Crippen LogP contribution >= 0.6 is 0 Å². The molecule has 1 rings (SSSR count). The van der Waals surface area contributed by atoms with Crippen LogP contribution in [0.4, 0.5) is 4.39 Å². The third-order valence-corrected chi connectivity index (χ3v) is 2.37. The molecule has 0 saturated heterocycles. The van der Waals surface area contributed by atoms with Crippen molar-refractivity contribution in [1.82, 2.24) is 0 Å². The third kappa shape index (κ3) is 6.23. The first-order valence-electron chi connectivity index (χ1n) is 6.37. The average molecular weight is 266 g/mol. The van der Waals surface area contributed by atoms with Gasteiger partial charge in [-0.3, -0.25) is 0 Å². The summed E-state index contributed by atoms with van der Waals surface area (Å²) in [5, 5.41) is 8.60. The zero-order chi connectivity index (χ0) is 13.9. The van der Waals surface area contributed by atoms with Crippen LogP contribution in [0.5, 0.6) is 5.75 Å². The highest BCUT2D eigenvalue weighted by Gasteiger charge is 2.03. The fourth-order valence-electron chi connectivity index (χ4n) is 1.39. The number of ether oxygens (including phenoxy) is 2. The molecule has 0 aliphatic carbocycles. The van der Waals surface area contributed by atoms with Gasteiger partial charge in [0.05, 0.1) is 6.61 Å². The van der Waals surface area contributed by atoms with Crippen LogP contribution in [-0.4, -0.2) is 31.5 Å². The molecule has 0 amide bonds. The number of benzene rings is 1. The molecule has 4 heteroatoms. The summed E-state index contributed by atoms with van der Waals surface area (Å²) in [7, 11) is 0. The normalized spacial score (nSPS) is 9.84. The number of hydrogen-bond acceptors (Lipinski definition) is 3. The van der Waals surface area contributed by atoms with Crippen LogP contribution in [0, 0.1) is 17.7 Å². The first-order valence-corrected chi connectivity index (χ1v) is 6.37. The Bertz CT molecular complexity index is 435. The highest BCUT2D eigenvalue weighted by Crippen LogP contribution is 2.18. The highest BCUT2D eigenvalue weighted by molar-refractivity contribution is 5.40. The lowest BCUT2D eigenvalue weighted by molar-refractivity contribution is 0.0967. The molecule has 0 aromatic heterocycles. The minimum atomic E-state index is -0.428. The maximum Gasteiger partial charge on any atom is 0.165 e. The zero-order valence-corrected chi connectivity index (χ0v) is 11.1. The van der Waals surface area contributed by atoms with Gasteiger partial charge >= 0.3 is 0 Å². The molecule has 1 aromatic rings. The van der Waals surface area contributed by atoms with Crippen molar-refractivity contribution in [3.8, 4) is 17.6 Å². The van der Waals surface area contributed by atoms with Crippen LogP contribution < -0.4 is 4.74 Å². The van der Waals surface area contributed by atoms with Gasteiger partial charge in [0.15, 0.2) is 11.6 Å². The summed E-state index contributed by atoms with van der Waals surface area (Å²) >= 11 is 0. The first kappa shape index (κ1) is 15.5. The lowest BCUT2D eigenvalue weighted by Gasteiger charge is -2.08. The molecule has 0 atom stereocenters. The fraction of sp³-hybridized carbons (Fsp3) is 0.467. The lowest BCUT2D eigenvalue weighted by atomic mass is 10.2. The smallest absolute Gasteiger partial charge is 0.165 e. The van der Waals surface area contributed by atoms with Crippen molar-refractivity contribution in [2.45, 2.75) is 19.8 Å². The fourth-order valence-corrected chi connectivity index (χ4v) is 1.39. The lowest BCUT2D eigenvalue weighted by Crippen LogP contribution is -2.08. The number of hydrogen-bond donors (Lipinski definition) is 1. The highest BCUT2D eigenvalue weighted by atomic mass is 19.1. The second-order valence-electron chi connectivity index (χ2n) is 3.92. The summed E-state index contributed by atoms with van der Waals surface area (Å²) in [6.07, 6.45) is 2.10. The van der Waals surface area contributed by atoms with Gasteiger partial charge in [0.1, 0.15) is 13.2 Å². The van der Waals surface area contributed by atoms with Gasteiger partial charge in [-0.15, -0.1) is 0 Å². The maximum absolute atomic E-state index is 13.5. The molecular weight excluding hydrogens is 247 g/mol. The SMILES string of the molecule is CCCCOCCOc1cc(C#CCO)ccc1F. The molecule has 0 bridgehead atoms. The van der Waals surface area contributed by atoms with E-state index in [1.54, 1.807) is 6.07 Å². The summed E-state index contributed by atoms with van der Waals surface area (Å²) in [5.41, 5.74) is 0.609. The molecule has 0 heterocycles. The van der Waals surface area contributed by atoms with Gasteiger partial charge in [-0.25, -0.2) is 4.39 Å². The Morgan fingerprint density at radius 1 is 1.26 bits per heavy atom. The van der Waals surface area contributed by atoms with Crippen molar-refractivity contribution in [3.05, 3.63) is 29.6 Å². The van der Waals surface area contributed by atoms with Gasteiger partial charge in [0, 0.05) is 12.2 Å². The van der Waals surface area contributed by atoms with Crippen molar-refractivity contribution in [1.29, 1.82) is 0 Å². The van der Waals surface area contributed by atoms with E-state index in [4.69, 9.17) is 14.6 Å². The summed E-state index contributed by atoms with van der Waals surface area (Å²) < 4.78 is 24.1. The van der Waals surface area contributed by atoms with Crippen LogP contribution in [0.15, 0.2) is 18.2 Å². The largest absolute Gasteiger partial charge is 0.488 e. The van der Waals surface area contributed by atoms with Gasteiger partial charge in [0.25, 0.3) is 0 Å². The summed E-state index contributed by atoms with van der Waals surface area (Å²) in [5.74, 6) is 4.94. The van der Waals surface area contributed by atoms with Crippen LogP contribution in [0.25, 0.3) is 0 Å². The Labute approximate surface area is 113 Å². The predicted molar refractivity (Wildman–Crippen MR) is 71.6 cm³/mol. The number of aliphatic hydroxyl groups is 1.